The fraction of sp³-hybridized carbons (Fsp3) is 0.0909. The number of ether oxygens (including phenoxy) is 2. The van der Waals surface area contributed by atoms with Gasteiger partial charge in [-0.3, -0.25) is 0 Å². The van der Waals surface area contributed by atoms with Crippen molar-refractivity contribution in [3.05, 3.63) is 60.7 Å². The lowest BCUT2D eigenvalue weighted by molar-refractivity contribution is 0.427. The Balaban J connectivity index is 1.38. The molecule has 0 aliphatic carbocycles. The number of rotatable bonds is 6. The Hall–Kier alpha value is -1.90. The van der Waals surface area contributed by atoms with Crippen molar-refractivity contribution in [2.45, 2.75) is 0 Å². The molecule has 0 fully saturated rings. The van der Waals surface area contributed by atoms with Gasteiger partial charge < -0.3 is 9.47 Å². The number of thiophene rings is 5. The first-order valence-corrected chi connectivity index (χ1v) is 12.9. The number of hydrogen-bond donors (Lipinski definition) is 0. The lowest BCUT2D eigenvalue weighted by Crippen LogP contribution is -1.73. The summed E-state index contributed by atoms with van der Waals surface area (Å²) in [6.07, 6.45) is 0. The predicted octanol–water partition coefficient (Wildman–Crippen LogP) is 8.68. The molecular weight excluding hydrogens is 457 g/mol. The maximum Gasteiger partial charge on any atom is 0.173 e. The van der Waals surface area contributed by atoms with E-state index in [1.54, 1.807) is 36.9 Å². The minimum absolute atomic E-state index is 0.949. The smallest absolute Gasteiger partial charge is 0.173 e. The van der Waals surface area contributed by atoms with Gasteiger partial charge in [-0.25, -0.2) is 0 Å². The van der Waals surface area contributed by atoms with Crippen LogP contribution in [-0.4, -0.2) is 14.2 Å². The Morgan fingerprint density at radius 1 is 0.379 bits per heavy atom. The van der Waals surface area contributed by atoms with Gasteiger partial charge in [-0.15, -0.1) is 34.0 Å². The summed E-state index contributed by atoms with van der Waals surface area (Å²) in [4.78, 5) is 10.3. The molecule has 0 aromatic carbocycles. The highest BCUT2D eigenvalue weighted by Gasteiger charge is 2.13. The minimum Gasteiger partial charge on any atom is -0.487 e. The SMILES string of the molecule is COc1ccc(-c2ccc(-c3ccc(-c4ccc(-c5ccc(OC)s5)s4)s3)s2)s1. The molecular formula is C22H16O2S5. The van der Waals surface area contributed by atoms with Gasteiger partial charge in [-0.2, -0.15) is 0 Å². The first-order chi connectivity index (χ1) is 14.2. The summed E-state index contributed by atoms with van der Waals surface area (Å²) < 4.78 is 10.6. The first-order valence-electron chi connectivity index (χ1n) is 8.82. The average molecular weight is 473 g/mol. The molecule has 0 aliphatic heterocycles. The molecule has 0 unspecified atom stereocenters. The Bertz CT molecular complexity index is 1150. The van der Waals surface area contributed by atoms with E-state index in [9.17, 15) is 0 Å². The lowest BCUT2D eigenvalue weighted by atomic mass is 10.3. The van der Waals surface area contributed by atoms with Gasteiger partial charge in [0.1, 0.15) is 0 Å². The molecule has 0 aliphatic rings. The van der Waals surface area contributed by atoms with E-state index in [4.69, 9.17) is 9.47 Å². The Labute approximate surface area is 189 Å². The Morgan fingerprint density at radius 3 is 0.862 bits per heavy atom. The van der Waals surface area contributed by atoms with Gasteiger partial charge in [0, 0.05) is 39.0 Å². The van der Waals surface area contributed by atoms with Crippen LogP contribution in [0.2, 0.25) is 0 Å². The summed E-state index contributed by atoms with van der Waals surface area (Å²) in [6.45, 7) is 0. The van der Waals surface area contributed by atoms with E-state index in [0.29, 0.717) is 0 Å². The highest BCUT2D eigenvalue weighted by atomic mass is 32.1. The van der Waals surface area contributed by atoms with Crippen LogP contribution in [0.1, 0.15) is 0 Å². The number of hydrogen-bond acceptors (Lipinski definition) is 7. The molecule has 146 valence electrons. The molecule has 5 heterocycles. The molecule has 0 radical (unpaired) electrons. The van der Waals surface area contributed by atoms with Gasteiger partial charge >= 0.3 is 0 Å². The molecule has 7 heteroatoms. The van der Waals surface area contributed by atoms with E-state index in [0.717, 1.165) is 10.1 Å². The molecule has 5 rings (SSSR count). The van der Waals surface area contributed by atoms with Crippen molar-refractivity contribution in [3.63, 3.8) is 0 Å². The van der Waals surface area contributed by atoms with Crippen LogP contribution >= 0.6 is 56.7 Å². The summed E-state index contributed by atoms with van der Waals surface area (Å²) in [6, 6.07) is 21.6. The molecule has 29 heavy (non-hydrogen) atoms. The van der Waals surface area contributed by atoms with Crippen molar-refractivity contribution in [3.8, 4) is 49.1 Å². The molecule has 0 saturated carbocycles. The zero-order valence-electron chi connectivity index (χ0n) is 15.6. The minimum atomic E-state index is 0.949. The molecule has 0 amide bonds. The first kappa shape index (κ1) is 19.1. The molecule has 2 nitrogen and oxygen atoms in total. The van der Waals surface area contributed by atoms with Crippen molar-refractivity contribution in [1.82, 2.24) is 0 Å². The van der Waals surface area contributed by atoms with E-state index >= 15 is 0 Å². The van der Waals surface area contributed by atoms with Gasteiger partial charge in [-0.05, 0) is 60.7 Å². The van der Waals surface area contributed by atoms with Crippen molar-refractivity contribution >= 4 is 56.7 Å². The molecule has 5 aromatic rings. The maximum absolute atomic E-state index is 5.32. The van der Waals surface area contributed by atoms with Crippen LogP contribution in [0.3, 0.4) is 0 Å². The standard InChI is InChI=1S/C22H16O2S5/c1-23-21-11-9-19(28-21)17-7-5-15(26-17)13-3-4-14(25-13)16-6-8-18(27-16)20-10-12-22(24-2)29-20/h3-12H,1-2H3. The summed E-state index contributed by atoms with van der Waals surface area (Å²) in [5.41, 5.74) is 0. The largest absolute Gasteiger partial charge is 0.487 e. The molecule has 5 aromatic heterocycles. The van der Waals surface area contributed by atoms with E-state index < -0.39 is 0 Å². The van der Waals surface area contributed by atoms with Crippen LogP contribution in [0.4, 0.5) is 0 Å². The fourth-order valence-corrected chi connectivity index (χ4v) is 7.95. The lowest BCUT2D eigenvalue weighted by Gasteiger charge is -1.93. The molecule has 0 atom stereocenters. The van der Waals surface area contributed by atoms with Gasteiger partial charge in [0.15, 0.2) is 10.1 Å². The van der Waals surface area contributed by atoms with Gasteiger partial charge in [0.25, 0.3) is 0 Å². The van der Waals surface area contributed by atoms with E-state index in [-0.39, 0.29) is 0 Å². The van der Waals surface area contributed by atoms with Gasteiger partial charge in [0.05, 0.1) is 14.2 Å². The van der Waals surface area contributed by atoms with Crippen molar-refractivity contribution in [2.75, 3.05) is 14.2 Å². The van der Waals surface area contributed by atoms with E-state index in [1.807, 2.05) is 46.1 Å². The third-order valence-electron chi connectivity index (χ3n) is 4.35. The van der Waals surface area contributed by atoms with Crippen molar-refractivity contribution in [2.24, 2.45) is 0 Å². The quantitative estimate of drug-likeness (QED) is 0.246. The summed E-state index contributed by atoms with van der Waals surface area (Å²) in [7, 11) is 3.43. The second kappa shape index (κ2) is 8.08. The van der Waals surface area contributed by atoms with Gasteiger partial charge in [-0.1, -0.05) is 22.7 Å². The van der Waals surface area contributed by atoms with E-state index in [1.165, 1.54) is 39.0 Å². The van der Waals surface area contributed by atoms with Crippen LogP contribution < -0.4 is 9.47 Å². The second-order valence-electron chi connectivity index (χ2n) is 6.14. The maximum atomic E-state index is 5.32. The Kier molecular flexibility index (Phi) is 5.32. The summed E-state index contributed by atoms with van der Waals surface area (Å²) in [5, 5.41) is 1.90. The highest BCUT2D eigenvalue weighted by molar-refractivity contribution is 7.30. The number of methoxy groups -OCH3 is 2. The van der Waals surface area contributed by atoms with Crippen LogP contribution in [0.15, 0.2) is 60.7 Å². The van der Waals surface area contributed by atoms with Crippen LogP contribution in [0, 0.1) is 0 Å². The van der Waals surface area contributed by atoms with E-state index in [2.05, 4.69) is 48.5 Å². The highest BCUT2D eigenvalue weighted by Crippen LogP contribution is 2.45. The third kappa shape index (κ3) is 3.81. The summed E-state index contributed by atoms with van der Waals surface area (Å²) in [5.74, 6) is 0. The molecule has 0 spiro atoms. The van der Waals surface area contributed by atoms with Crippen LogP contribution in [0.5, 0.6) is 10.1 Å². The molecule has 0 N–H and O–H groups in total. The van der Waals surface area contributed by atoms with Crippen LogP contribution in [-0.2, 0) is 0 Å². The summed E-state index contributed by atoms with van der Waals surface area (Å²) >= 11 is 8.90. The molecule has 0 saturated heterocycles. The van der Waals surface area contributed by atoms with Crippen molar-refractivity contribution in [1.29, 1.82) is 0 Å². The van der Waals surface area contributed by atoms with Crippen molar-refractivity contribution < 1.29 is 9.47 Å². The Morgan fingerprint density at radius 2 is 0.621 bits per heavy atom. The second-order valence-corrected chi connectivity index (χ2v) is 11.5. The zero-order valence-corrected chi connectivity index (χ0v) is 19.7. The topological polar surface area (TPSA) is 18.5 Å². The molecule has 0 bridgehead atoms. The van der Waals surface area contributed by atoms with Crippen LogP contribution in [0.25, 0.3) is 39.0 Å². The van der Waals surface area contributed by atoms with Gasteiger partial charge in [0.2, 0.25) is 0 Å². The average Bonchev–Trinajstić information content (AvgIpc) is 3.54. The normalized spacial score (nSPS) is 11.1. The third-order valence-corrected chi connectivity index (χ3v) is 10.5. The zero-order chi connectivity index (χ0) is 19.8. The fourth-order valence-electron chi connectivity index (χ4n) is 2.93. The predicted molar refractivity (Wildman–Crippen MR) is 131 cm³/mol. The monoisotopic (exact) mass is 472 g/mol.